The second-order valence-corrected chi connectivity index (χ2v) is 5.83. The maximum Gasteiger partial charge on any atom is 0.0279 e. The summed E-state index contributed by atoms with van der Waals surface area (Å²) >= 11 is 3.52. The Hall–Kier alpha value is -0.380. The zero-order chi connectivity index (χ0) is 13.4. The summed E-state index contributed by atoms with van der Waals surface area (Å²) in [5.41, 5.74) is 4.35. The predicted molar refractivity (Wildman–Crippen MR) is 82.3 cm³/mol. The smallest absolute Gasteiger partial charge is 0.0279 e. The highest BCUT2D eigenvalue weighted by molar-refractivity contribution is 9.10. The molecule has 0 saturated carbocycles. The van der Waals surface area contributed by atoms with Crippen LogP contribution in [0.1, 0.15) is 45.1 Å². The van der Waals surface area contributed by atoms with Gasteiger partial charge in [-0.05, 0) is 36.5 Å². The maximum atomic E-state index is 5.75. The summed E-state index contributed by atoms with van der Waals surface area (Å²) in [4.78, 5) is 0. The van der Waals surface area contributed by atoms with Crippen molar-refractivity contribution < 1.29 is 0 Å². The van der Waals surface area contributed by atoms with Crippen LogP contribution < -0.4 is 11.3 Å². The fourth-order valence-corrected chi connectivity index (χ4v) is 2.88. The Kier molecular flexibility index (Phi) is 7.56. The number of rotatable bonds is 8. The highest BCUT2D eigenvalue weighted by Gasteiger charge is 2.18. The van der Waals surface area contributed by atoms with Crippen molar-refractivity contribution in [3.8, 4) is 0 Å². The molecule has 0 heterocycles. The lowest BCUT2D eigenvalue weighted by Crippen LogP contribution is -2.42. The van der Waals surface area contributed by atoms with Crippen LogP contribution in [-0.2, 0) is 6.42 Å². The molecule has 0 amide bonds. The lowest BCUT2D eigenvalue weighted by atomic mass is 9.88. The number of hydrogen-bond donors (Lipinski definition) is 2. The van der Waals surface area contributed by atoms with E-state index < -0.39 is 0 Å². The van der Waals surface area contributed by atoms with E-state index in [0.717, 1.165) is 10.9 Å². The van der Waals surface area contributed by atoms with Gasteiger partial charge in [0.2, 0.25) is 0 Å². The first-order valence-electron chi connectivity index (χ1n) is 6.91. The van der Waals surface area contributed by atoms with Crippen molar-refractivity contribution in [3.63, 3.8) is 0 Å². The molecule has 0 bridgehead atoms. The van der Waals surface area contributed by atoms with Crippen molar-refractivity contribution in [1.82, 2.24) is 5.43 Å². The van der Waals surface area contributed by atoms with Crippen molar-refractivity contribution in [1.29, 1.82) is 0 Å². The van der Waals surface area contributed by atoms with Crippen molar-refractivity contribution in [2.45, 2.75) is 52.0 Å². The Morgan fingerprint density at radius 3 is 2.67 bits per heavy atom. The first-order chi connectivity index (χ1) is 8.71. The molecule has 1 aromatic carbocycles. The highest BCUT2D eigenvalue weighted by Crippen LogP contribution is 2.21. The van der Waals surface area contributed by atoms with E-state index in [1.807, 2.05) is 0 Å². The van der Waals surface area contributed by atoms with Crippen LogP contribution in [0, 0.1) is 5.92 Å². The summed E-state index contributed by atoms with van der Waals surface area (Å²) in [5.74, 6) is 6.41. The van der Waals surface area contributed by atoms with Gasteiger partial charge in [0.05, 0.1) is 0 Å². The van der Waals surface area contributed by atoms with Gasteiger partial charge in [0.25, 0.3) is 0 Å². The Labute approximate surface area is 119 Å². The molecule has 102 valence electrons. The van der Waals surface area contributed by atoms with E-state index in [4.69, 9.17) is 5.84 Å². The molecular formula is C15H25BrN2. The largest absolute Gasteiger partial charge is 0.271 e. The molecule has 0 aliphatic rings. The summed E-state index contributed by atoms with van der Waals surface area (Å²) in [6.45, 7) is 4.50. The van der Waals surface area contributed by atoms with E-state index >= 15 is 0 Å². The van der Waals surface area contributed by atoms with Gasteiger partial charge in [0.15, 0.2) is 0 Å². The molecule has 18 heavy (non-hydrogen) atoms. The molecule has 1 rings (SSSR count). The maximum absolute atomic E-state index is 5.75. The number of nitrogens with two attached hydrogens (primary N) is 1. The summed E-state index contributed by atoms with van der Waals surface area (Å²) < 4.78 is 1.14. The van der Waals surface area contributed by atoms with Gasteiger partial charge in [0, 0.05) is 10.5 Å². The van der Waals surface area contributed by atoms with Crippen LogP contribution in [0.25, 0.3) is 0 Å². The Bertz CT molecular complexity index is 341. The highest BCUT2D eigenvalue weighted by atomic mass is 79.9. The molecular weight excluding hydrogens is 288 g/mol. The quantitative estimate of drug-likeness (QED) is 0.561. The number of hydrogen-bond acceptors (Lipinski definition) is 2. The number of nitrogens with one attached hydrogen (secondary N) is 1. The van der Waals surface area contributed by atoms with E-state index in [-0.39, 0.29) is 0 Å². The number of benzene rings is 1. The lowest BCUT2D eigenvalue weighted by molar-refractivity contribution is 0.318. The summed E-state index contributed by atoms with van der Waals surface area (Å²) in [6.07, 6.45) is 5.98. The minimum absolute atomic E-state index is 0.371. The van der Waals surface area contributed by atoms with Crippen molar-refractivity contribution >= 4 is 15.9 Å². The summed E-state index contributed by atoms with van der Waals surface area (Å²) in [7, 11) is 0. The van der Waals surface area contributed by atoms with Crippen LogP contribution in [0.15, 0.2) is 28.7 Å². The molecule has 0 aliphatic carbocycles. The Morgan fingerprint density at radius 1 is 1.33 bits per heavy atom. The first-order valence-corrected chi connectivity index (χ1v) is 7.71. The van der Waals surface area contributed by atoms with Gasteiger partial charge in [-0.15, -0.1) is 0 Å². The molecule has 0 spiro atoms. The molecule has 3 N–H and O–H groups in total. The molecule has 0 radical (unpaired) electrons. The average Bonchev–Trinajstić information content (AvgIpc) is 2.38. The van der Waals surface area contributed by atoms with E-state index in [2.05, 4.69) is 59.5 Å². The molecule has 1 aromatic rings. The second-order valence-electron chi connectivity index (χ2n) is 4.92. The predicted octanol–water partition coefficient (Wildman–Crippen LogP) is 4.04. The van der Waals surface area contributed by atoms with E-state index in [1.165, 1.54) is 31.2 Å². The normalized spacial score (nSPS) is 14.4. The summed E-state index contributed by atoms with van der Waals surface area (Å²) in [5, 5.41) is 0. The molecule has 0 aromatic heterocycles. The molecule has 0 aliphatic heterocycles. The lowest BCUT2D eigenvalue weighted by Gasteiger charge is -2.25. The monoisotopic (exact) mass is 312 g/mol. The van der Waals surface area contributed by atoms with Gasteiger partial charge in [-0.25, -0.2) is 0 Å². The van der Waals surface area contributed by atoms with Gasteiger partial charge in [-0.2, -0.15) is 0 Å². The van der Waals surface area contributed by atoms with Crippen LogP contribution in [0.5, 0.6) is 0 Å². The molecule has 0 fully saturated rings. The standard InChI is InChI=1S/C15H25BrN2/c1-3-5-8-13(4-2)15(18-17)11-12-7-6-9-14(16)10-12/h6-7,9-10,13,15,18H,3-5,8,11,17H2,1-2H3. The van der Waals surface area contributed by atoms with Crippen LogP contribution in [-0.4, -0.2) is 6.04 Å². The SMILES string of the molecule is CCCCC(CC)C(Cc1cccc(Br)c1)NN. The van der Waals surface area contributed by atoms with Gasteiger partial charge in [0.1, 0.15) is 0 Å². The third kappa shape index (κ3) is 5.09. The fraction of sp³-hybridized carbons (Fsp3) is 0.600. The third-order valence-corrected chi connectivity index (χ3v) is 4.07. The fourth-order valence-electron chi connectivity index (χ4n) is 2.44. The number of unbranched alkanes of at least 4 members (excludes halogenated alkanes) is 1. The van der Waals surface area contributed by atoms with Gasteiger partial charge < -0.3 is 0 Å². The van der Waals surface area contributed by atoms with Crippen molar-refractivity contribution in [2.24, 2.45) is 11.8 Å². The number of halogens is 1. The summed E-state index contributed by atoms with van der Waals surface area (Å²) in [6, 6.07) is 8.86. The zero-order valence-electron chi connectivity index (χ0n) is 11.5. The second kappa shape index (κ2) is 8.68. The molecule has 3 heteroatoms. The van der Waals surface area contributed by atoms with Crippen molar-refractivity contribution in [2.75, 3.05) is 0 Å². The minimum Gasteiger partial charge on any atom is -0.271 e. The molecule has 2 nitrogen and oxygen atoms in total. The molecule has 2 atom stereocenters. The topological polar surface area (TPSA) is 38.0 Å². The van der Waals surface area contributed by atoms with E-state index in [1.54, 1.807) is 0 Å². The Balaban J connectivity index is 2.64. The van der Waals surface area contributed by atoms with Gasteiger partial charge in [-0.1, -0.05) is 61.2 Å². The zero-order valence-corrected chi connectivity index (χ0v) is 13.0. The van der Waals surface area contributed by atoms with E-state index in [0.29, 0.717) is 12.0 Å². The van der Waals surface area contributed by atoms with Crippen LogP contribution in [0.2, 0.25) is 0 Å². The third-order valence-electron chi connectivity index (χ3n) is 3.58. The van der Waals surface area contributed by atoms with Crippen molar-refractivity contribution in [3.05, 3.63) is 34.3 Å². The molecule has 0 saturated heterocycles. The van der Waals surface area contributed by atoms with Crippen LogP contribution in [0.4, 0.5) is 0 Å². The average molecular weight is 313 g/mol. The number of hydrazine groups is 1. The van der Waals surface area contributed by atoms with Gasteiger partial charge >= 0.3 is 0 Å². The Morgan fingerprint density at radius 2 is 2.11 bits per heavy atom. The van der Waals surface area contributed by atoms with Crippen LogP contribution in [0.3, 0.4) is 0 Å². The first kappa shape index (κ1) is 15.7. The van der Waals surface area contributed by atoms with Crippen LogP contribution >= 0.6 is 15.9 Å². The van der Waals surface area contributed by atoms with Gasteiger partial charge in [-0.3, -0.25) is 11.3 Å². The molecule has 2 unspecified atom stereocenters. The van der Waals surface area contributed by atoms with E-state index in [9.17, 15) is 0 Å². The minimum atomic E-state index is 0.371.